The Morgan fingerprint density at radius 2 is 2.27 bits per heavy atom. The largest absolute Gasteiger partial charge is 0.480 e. The third kappa shape index (κ3) is 2.90. The summed E-state index contributed by atoms with van der Waals surface area (Å²) in [6.07, 6.45) is 0.868. The molecule has 1 aliphatic heterocycles. The number of ether oxygens (including phenoxy) is 2. The maximum atomic E-state index is 11.3. The minimum atomic E-state index is -0.942. The summed E-state index contributed by atoms with van der Waals surface area (Å²) in [6.45, 7) is 4.58. The van der Waals surface area contributed by atoms with Crippen molar-refractivity contribution in [3.63, 3.8) is 0 Å². The number of rotatable bonds is 4. The van der Waals surface area contributed by atoms with Crippen molar-refractivity contribution in [1.82, 2.24) is 4.90 Å². The Kier molecular flexibility index (Phi) is 4.50. The summed E-state index contributed by atoms with van der Waals surface area (Å²) in [7, 11) is 1.52. The first kappa shape index (κ1) is 12.4. The van der Waals surface area contributed by atoms with E-state index in [-0.39, 0.29) is 6.61 Å². The average Bonchev–Trinajstić information content (AvgIpc) is 2.45. The quantitative estimate of drug-likeness (QED) is 0.729. The van der Waals surface area contributed by atoms with Crippen LogP contribution in [0.4, 0.5) is 0 Å². The van der Waals surface area contributed by atoms with Crippen LogP contribution in [0.5, 0.6) is 0 Å². The molecule has 0 aromatic heterocycles. The minimum Gasteiger partial charge on any atom is -0.480 e. The van der Waals surface area contributed by atoms with Gasteiger partial charge in [-0.05, 0) is 13.3 Å². The van der Waals surface area contributed by atoms with Crippen LogP contribution in [0.2, 0.25) is 0 Å². The van der Waals surface area contributed by atoms with Gasteiger partial charge in [-0.3, -0.25) is 9.69 Å². The summed E-state index contributed by atoms with van der Waals surface area (Å²) in [6, 6.07) is 0. The molecular weight excluding hydrogens is 198 g/mol. The zero-order valence-electron chi connectivity index (χ0n) is 9.36. The summed E-state index contributed by atoms with van der Waals surface area (Å²) < 4.78 is 10.3. The van der Waals surface area contributed by atoms with Gasteiger partial charge in [0.2, 0.25) is 0 Å². The van der Waals surface area contributed by atoms with E-state index < -0.39 is 11.5 Å². The van der Waals surface area contributed by atoms with E-state index in [1.165, 1.54) is 7.11 Å². The number of nitrogens with zero attached hydrogens (tertiary/aromatic N) is 1. The molecule has 1 atom stereocenters. The Morgan fingerprint density at radius 3 is 2.87 bits per heavy atom. The molecule has 1 unspecified atom stereocenters. The van der Waals surface area contributed by atoms with Crippen molar-refractivity contribution in [3.8, 4) is 0 Å². The lowest BCUT2D eigenvalue weighted by Gasteiger charge is -2.36. The van der Waals surface area contributed by atoms with Crippen molar-refractivity contribution in [3.05, 3.63) is 0 Å². The second-order valence-electron chi connectivity index (χ2n) is 3.96. The molecule has 0 aliphatic carbocycles. The van der Waals surface area contributed by atoms with Crippen LogP contribution in [0.15, 0.2) is 0 Å². The van der Waals surface area contributed by atoms with Gasteiger partial charge in [-0.15, -0.1) is 0 Å². The van der Waals surface area contributed by atoms with Gasteiger partial charge >= 0.3 is 5.97 Å². The van der Waals surface area contributed by atoms with Gasteiger partial charge in [-0.2, -0.15) is 0 Å². The maximum absolute atomic E-state index is 11.3. The predicted octanol–water partition coefficient (Wildman–Crippen LogP) is 0.198. The molecule has 0 aromatic rings. The normalized spacial score (nSPS) is 23.1. The van der Waals surface area contributed by atoms with Gasteiger partial charge in [0.25, 0.3) is 0 Å². The van der Waals surface area contributed by atoms with Crippen LogP contribution in [0.25, 0.3) is 0 Å². The number of hydrogen-bond donors (Lipinski definition) is 1. The number of hydrogen-bond acceptors (Lipinski definition) is 4. The van der Waals surface area contributed by atoms with Crippen molar-refractivity contribution in [2.24, 2.45) is 0 Å². The summed E-state index contributed by atoms with van der Waals surface area (Å²) in [5, 5.41) is 9.25. The fourth-order valence-electron chi connectivity index (χ4n) is 1.81. The monoisotopic (exact) mass is 217 g/mol. The van der Waals surface area contributed by atoms with Crippen molar-refractivity contribution in [2.45, 2.75) is 18.9 Å². The molecule has 1 aliphatic rings. The summed E-state index contributed by atoms with van der Waals surface area (Å²) in [5.41, 5.74) is -0.942. The lowest BCUT2D eigenvalue weighted by atomic mass is 10.0. The van der Waals surface area contributed by atoms with Crippen LogP contribution in [0.3, 0.4) is 0 Å². The van der Waals surface area contributed by atoms with Crippen LogP contribution in [-0.4, -0.2) is 61.5 Å². The molecule has 88 valence electrons. The highest BCUT2D eigenvalue weighted by molar-refractivity contribution is 5.78. The van der Waals surface area contributed by atoms with E-state index >= 15 is 0 Å². The zero-order chi connectivity index (χ0) is 11.3. The number of methoxy groups -OCH3 is 1. The molecule has 15 heavy (non-hydrogen) atoms. The van der Waals surface area contributed by atoms with Gasteiger partial charge in [0.05, 0.1) is 13.2 Å². The van der Waals surface area contributed by atoms with Crippen LogP contribution in [0, 0.1) is 0 Å². The van der Waals surface area contributed by atoms with Gasteiger partial charge in [-0.1, -0.05) is 0 Å². The number of carboxylic acid groups (broad SMARTS) is 1. The molecule has 0 saturated carbocycles. The van der Waals surface area contributed by atoms with Crippen LogP contribution in [0.1, 0.15) is 13.3 Å². The van der Waals surface area contributed by atoms with Crippen LogP contribution >= 0.6 is 0 Å². The van der Waals surface area contributed by atoms with Gasteiger partial charge in [0, 0.05) is 26.8 Å². The first-order valence-electron chi connectivity index (χ1n) is 5.16. The first-order valence-corrected chi connectivity index (χ1v) is 5.16. The molecule has 1 heterocycles. The number of carboxylic acids is 1. The Labute approximate surface area is 90.0 Å². The first-order chi connectivity index (χ1) is 7.11. The number of aliphatic carboxylic acids is 1. The standard InChI is InChI=1S/C10H19NO4/c1-10(8-14-2,9(12)13)11-4-3-6-15-7-5-11/h3-8H2,1-2H3,(H,12,13). The molecule has 5 heteroatoms. The van der Waals surface area contributed by atoms with Gasteiger partial charge in [0.15, 0.2) is 0 Å². The second-order valence-corrected chi connectivity index (χ2v) is 3.96. The lowest BCUT2D eigenvalue weighted by molar-refractivity contribution is -0.154. The van der Waals surface area contributed by atoms with Crippen LogP contribution < -0.4 is 0 Å². The van der Waals surface area contributed by atoms with E-state index in [0.29, 0.717) is 19.8 Å². The topological polar surface area (TPSA) is 59.0 Å². The Balaban J connectivity index is 2.72. The van der Waals surface area contributed by atoms with Crippen LogP contribution in [-0.2, 0) is 14.3 Å². The van der Waals surface area contributed by atoms with Crippen molar-refractivity contribution in [1.29, 1.82) is 0 Å². The minimum absolute atomic E-state index is 0.197. The van der Waals surface area contributed by atoms with Crippen molar-refractivity contribution < 1.29 is 19.4 Å². The molecule has 1 N–H and O–H groups in total. The highest BCUT2D eigenvalue weighted by atomic mass is 16.5. The van der Waals surface area contributed by atoms with E-state index in [0.717, 1.165) is 13.0 Å². The Bertz CT molecular complexity index is 213. The Morgan fingerprint density at radius 1 is 1.53 bits per heavy atom. The summed E-state index contributed by atoms with van der Waals surface area (Å²) >= 11 is 0. The van der Waals surface area contributed by atoms with E-state index in [1.807, 2.05) is 4.90 Å². The molecule has 0 bridgehead atoms. The molecule has 0 radical (unpaired) electrons. The Hall–Kier alpha value is -0.650. The van der Waals surface area contributed by atoms with Gasteiger partial charge in [0.1, 0.15) is 5.54 Å². The fourth-order valence-corrected chi connectivity index (χ4v) is 1.81. The molecular formula is C10H19NO4. The second kappa shape index (κ2) is 5.44. The van der Waals surface area contributed by atoms with Crippen molar-refractivity contribution >= 4 is 5.97 Å². The molecule has 1 saturated heterocycles. The van der Waals surface area contributed by atoms with E-state index in [4.69, 9.17) is 9.47 Å². The molecule has 0 amide bonds. The third-order valence-corrected chi connectivity index (χ3v) is 2.81. The van der Waals surface area contributed by atoms with E-state index in [9.17, 15) is 9.90 Å². The number of carbonyl (C=O) groups is 1. The molecule has 5 nitrogen and oxygen atoms in total. The summed E-state index contributed by atoms with van der Waals surface area (Å²) in [4.78, 5) is 13.2. The third-order valence-electron chi connectivity index (χ3n) is 2.81. The lowest BCUT2D eigenvalue weighted by Crippen LogP contribution is -2.56. The fraction of sp³-hybridized carbons (Fsp3) is 0.900. The molecule has 0 spiro atoms. The maximum Gasteiger partial charge on any atom is 0.326 e. The van der Waals surface area contributed by atoms with Crippen molar-refractivity contribution in [2.75, 3.05) is 40.0 Å². The highest BCUT2D eigenvalue weighted by Gasteiger charge is 2.39. The molecule has 0 aromatic carbocycles. The predicted molar refractivity (Wildman–Crippen MR) is 54.9 cm³/mol. The highest BCUT2D eigenvalue weighted by Crippen LogP contribution is 2.18. The molecule has 1 rings (SSSR count). The van der Waals surface area contributed by atoms with Gasteiger partial charge in [-0.25, -0.2) is 0 Å². The van der Waals surface area contributed by atoms with Gasteiger partial charge < -0.3 is 14.6 Å². The smallest absolute Gasteiger partial charge is 0.326 e. The summed E-state index contributed by atoms with van der Waals surface area (Å²) in [5.74, 6) is -0.841. The van der Waals surface area contributed by atoms with E-state index in [2.05, 4.69) is 0 Å². The van der Waals surface area contributed by atoms with E-state index in [1.54, 1.807) is 6.92 Å². The molecule has 1 fully saturated rings. The zero-order valence-corrected chi connectivity index (χ0v) is 9.36. The SMILES string of the molecule is COCC(C)(C(=O)O)N1CCCOCC1. The average molecular weight is 217 g/mol.